The van der Waals surface area contributed by atoms with Crippen LogP contribution in [-0.2, 0) is 14.4 Å². The van der Waals surface area contributed by atoms with Gasteiger partial charge in [0.1, 0.15) is 22.7 Å². The Morgan fingerprint density at radius 1 is 0.656 bits per heavy atom. The van der Waals surface area contributed by atoms with E-state index in [4.69, 9.17) is 9.47 Å². The molecule has 0 aliphatic carbocycles. The molecule has 8 nitrogen and oxygen atoms in total. The van der Waals surface area contributed by atoms with Gasteiger partial charge in [0.15, 0.2) is 11.5 Å². The van der Waals surface area contributed by atoms with E-state index in [0.717, 1.165) is 10.8 Å². The summed E-state index contributed by atoms with van der Waals surface area (Å²) < 4.78 is 10.5. The molecule has 0 radical (unpaired) electrons. The van der Waals surface area contributed by atoms with Crippen LogP contribution in [0.5, 0.6) is 11.5 Å². The molecule has 4 rings (SSSR count). The van der Waals surface area contributed by atoms with Crippen LogP contribution in [0.4, 0.5) is 11.6 Å². The van der Waals surface area contributed by atoms with Gasteiger partial charge < -0.3 is 9.47 Å². The first-order valence-corrected chi connectivity index (χ1v) is 9.80. The third-order valence-electron chi connectivity index (χ3n) is 4.62. The molecule has 0 bridgehead atoms. The Hall–Kier alpha value is -4.33. The molecule has 32 heavy (non-hydrogen) atoms. The summed E-state index contributed by atoms with van der Waals surface area (Å²) in [7, 11) is 0. The number of aromatic nitrogens is 2. The molecule has 0 atom stereocenters. The topological polar surface area (TPSA) is 98.7 Å². The zero-order valence-electron chi connectivity index (χ0n) is 17.7. The highest BCUT2D eigenvalue weighted by Crippen LogP contribution is 2.32. The minimum absolute atomic E-state index is 0.295. The molecule has 2 heterocycles. The molecule has 4 aromatic rings. The molecule has 0 aliphatic heterocycles. The molecular weight excluding hydrogens is 410 g/mol. The van der Waals surface area contributed by atoms with E-state index in [-0.39, 0.29) is 5.91 Å². The van der Waals surface area contributed by atoms with Gasteiger partial charge in [-0.1, -0.05) is 24.3 Å². The van der Waals surface area contributed by atoms with Gasteiger partial charge in [0.25, 0.3) is 0 Å². The molecular formula is C24H19N3O5. The van der Waals surface area contributed by atoms with Gasteiger partial charge in [-0.2, -0.15) is 0 Å². The molecule has 0 spiro atoms. The van der Waals surface area contributed by atoms with Gasteiger partial charge in [-0.25, -0.2) is 14.9 Å². The number of hydrogen-bond donors (Lipinski definition) is 0. The molecule has 2 aromatic heterocycles. The largest absolute Gasteiger partial charge is 0.424 e. The third kappa shape index (κ3) is 4.11. The summed E-state index contributed by atoms with van der Waals surface area (Å²) in [6, 6.07) is 17.4. The number of amides is 1. The van der Waals surface area contributed by atoms with Crippen LogP contribution in [0.3, 0.4) is 0 Å². The molecule has 1 amide bonds. The Morgan fingerprint density at radius 2 is 1.09 bits per heavy atom. The number of benzene rings is 2. The maximum atomic E-state index is 12.6. The maximum Gasteiger partial charge on any atom is 0.308 e. The molecule has 8 heteroatoms. The molecule has 0 saturated carbocycles. The quantitative estimate of drug-likeness (QED) is 0.352. The van der Waals surface area contributed by atoms with E-state index in [2.05, 4.69) is 9.97 Å². The molecule has 2 aromatic carbocycles. The second-order valence-electron chi connectivity index (χ2n) is 7.04. The first-order valence-electron chi connectivity index (χ1n) is 9.80. The Morgan fingerprint density at radius 3 is 1.47 bits per heavy atom. The number of fused-ring (bicyclic) bond motifs is 2. The van der Waals surface area contributed by atoms with Gasteiger partial charge in [-0.05, 0) is 36.4 Å². The predicted octanol–water partition coefficient (Wildman–Crippen LogP) is 4.32. The minimum atomic E-state index is -0.470. The van der Waals surface area contributed by atoms with Crippen molar-refractivity contribution in [3.8, 4) is 11.5 Å². The number of hydrogen-bond acceptors (Lipinski definition) is 7. The van der Waals surface area contributed by atoms with Crippen LogP contribution >= 0.6 is 0 Å². The molecule has 0 fully saturated rings. The van der Waals surface area contributed by atoms with E-state index in [0.29, 0.717) is 34.2 Å². The highest BCUT2D eigenvalue weighted by Gasteiger charge is 2.20. The maximum absolute atomic E-state index is 12.6. The zero-order valence-corrected chi connectivity index (χ0v) is 17.7. The van der Waals surface area contributed by atoms with Crippen molar-refractivity contribution < 1.29 is 23.9 Å². The SMILES string of the molecule is CC(=O)Oc1cccc2ccc(N(C(C)=O)c3ccc4cccc(OC(C)=O)c4n3)nc12. The normalized spacial score (nSPS) is 10.7. The lowest BCUT2D eigenvalue weighted by Crippen LogP contribution is -2.24. The van der Waals surface area contributed by atoms with Gasteiger partial charge >= 0.3 is 11.9 Å². The summed E-state index contributed by atoms with van der Waals surface area (Å²) in [6.45, 7) is 4.02. The lowest BCUT2D eigenvalue weighted by Gasteiger charge is -2.20. The second-order valence-corrected chi connectivity index (χ2v) is 7.04. The number of esters is 2. The van der Waals surface area contributed by atoms with E-state index in [9.17, 15) is 14.4 Å². The van der Waals surface area contributed by atoms with Crippen molar-refractivity contribution >= 4 is 51.3 Å². The smallest absolute Gasteiger partial charge is 0.308 e. The van der Waals surface area contributed by atoms with Crippen molar-refractivity contribution in [2.75, 3.05) is 4.90 Å². The van der Waals surface area contributed by atoms with Crippen molar-refractivity contribution in [3.63, 3.8) is 0 Å². The van der Waals surface area contributed by atoms with Gasteiger partial charge in [0.05, 0.1) is 0 Å². The van der Waals surface area contributed by atoms with Gasteiger partial charge in [0, 0.05) is 31.5 Å². The first-order chi connectivity index (χ1) is 15.3. The summed E-state index contributed by atoms with van der Waals surface area (Å²) in [5.74, 6) is -0.0564. The molecule has 0 N–H and O–H groups in total. The monoisotopic (exact) mass is 429 g/mol. The van der Waals surface area contributed by atoms with E-state index in [1.54, 1.807) is 48.5 Å². The highest BCUT2D eigenvalue weighted by molar-refractivity contribution is 6.00. The third-order valence-corrected chi connectivity index (χ3v) is 4.62. The summed E-state index contributed by atoms with van der Waals surface area (Å²) in [4.78, 5) is 46.1. The number of rotatable bonds is 4. The number of ether oxygens (including phenoxy) is 2. The molecule has 0 aliphatic rings. The van der Waals surface area contributed by atoms with E-state index in [1.807, 2.05) is 12.1 Å². The summed E-state index contributed by atoms with van der Waals surface area (Å²) in [5, 5.41) is 1.50. The van der Waals surface area contributed by atoms with Gasteiger partial charge in [-0.3, -0.25) is 14.4 Å². The zero-order chi connectivity index (χ0) is 22.8. The van der Waals surface area contributed by atoms with Crippen LogP contribution in [0, 0.1) is 0 Å². The Labute approximate surface area is 183 Å². The Balaban J connectivity index is 1.86. The van der Waals surface area contributed by atoms with Crippen molar-refractivity contribution in [3.05, 3.63) is 60.7 Å². The van der Waals surface area contributed by atoms with Crippen LogP contribution in [0.15, 0.2) is 60.7 Å². The predicted molar refractivity (Wildman–Crippen MR) is 119 cm³/mol. The van der Waals surface area contributed by atoms with Crippen molar-refractivity contribution in [2.24, 2.45) is 0 Å². The highest BCUT2D eigenvalue weighted by atomic mass is 16.5. The van der Waals surface area contributed by atoms with Crippen LogP contribution in [0.1, 0.15) is 20.8 Å². The van der Waals surface area contributed by atoms with Crippen LogP contribution in [-0.4, -0.2) is 27.8 Å². The van der Waals surface area contributed by atoms with Crippen LogP contribution in [0.25, 0.3) is 21.8 Å². The lowest BCUT2D eigenvalue weighted by molar-refractivity contribution is -0.132. The van der Waals surface area contributed by atoms with E-state index in [1.165, 1.54) is 25.7 Å². The van der Waals surface area contributed by atoms with Crippen molar-refractivity contribution in [1.82, 2.24) is 9.97 Å². The number of carbonyl (C=O) groups is 3. The van der Waals surface area contributed by atoms with Crippen LogP contribution < -0.4 is 14.4 Å². The summed E-state index contributed by atoms with van der Waals surface area (Å²) in [5.41, 5.74) is 0.876. The Kier molecular flexibility index (Phi) is 5.51. The fourth-order valence-corrected chi connectivity index (χ4v) is 3.38. The first kappa shape index (κ1) is 20.9. The van der Waals surface area contributed by atoms with Gasteiger partial charge in [0.2, 0.25) is 5.91 Å². The molecule has 0 unspecified atom stereocenters. The van der Waals surface area contributed by atoms with Crippen molar-refractivity contribution in [2.45, 2.75) is 20.8 Å². The standard InChI is InChI=1S/C24H19N3O5/c1-14(28)27(21-12-10-17-6-4-8-19(23(17)25-21)31-15(2)29)22-13-11-18-7-5-9-20(24(18)26-22)32-16(3)30/h4-13H,1-3H3. The second kappa shape index (κ2) is 8.43. The fourth-order valence-electron chi connectivity index (χ4n) is 3.38. The average molecular weight is 429 g/mol. The number of nitrogens with zero attached hydrogens (tertiary/aromatic N) is 3. The number of carbonyl (C=O) groups excluding carboxylic acids is 3. The summed E-state index contributed by atoms with van der Waals surface area (Å²) >= 11 is 0. The van der Waals surface area contributed by atoms with Gasteiger partial charge in [-0.15, -0.1) is 0 Å². The number of anilines is 2. The average Bonchev–Trinajstić information content (AvgIpc) is 2.74. The summed E-state index contributed by atoms with van der Waals surface area (Å²) in [6.07, 6.45) is 0. The molecule has 160 valence electrons. The van der Waals surface area contributed by atoms with E-state index >= 15 is 0 Å². The lowest BCUT2D eigenvalue weighted by atomic mass is 10.2. The molecule has 0 saturated heterocycles. The number of pyridine rings is 2. The number of para-hydroxylation sites is 2. The minimum Gasteiger partial charge on any atom is -0.424 e. The Bertz CT molecular complexity index is 1280. The van der Waals surface area contributed by atoms with E-state index < -0.39 is 11.9 Å². The fraction of sp³-hybridized carbons (Fsp3) is 0.125. The van der Waals surface area contributed by atoms with Crippen LogP contribution in [0.2, 0.25) is 0 Å². The van der Waals surface area contributed by atoms with Crippen molar-refractivity contribution in [1.29, 1.82) is 0 Å².